The molecule has 0 saturated carbocycles. The fourth-order valence-electron chi connectivity index (χ4n) is 0.385. The van der Waals surface area contributed by atoms with Crippen molar-refractivity contribution >= 4 is 19.5 Å². The molecule has 0 fully saturated rings. The van der Waals surface area contributed by atoms with Crippen LogP contribution in [-0.2, 0) is 9.53 Å². The first-order valence-electron chi connectivity index (χ1n) is 3.32. The first kappa shape index (κ1) is 13.6. The molecule has 0 aliphatic rings. The summed E-state index contributed by atoms with van der Waals surface area (Å²) in [6, 6.07) is 12.0. The van der Waals surface area contributed by atoms with Gasteiger partial charge < -0.3 is 4.74 Å². The summed E-state index contributed by atoms with van der Waals surface area (Å²) < 4.78 is 4.11. The summed E-state index contributed by atoms with van der Waals surface area (Å²) in [6.45, 7) is 1.36. The Morgan fingerprint density at radius 2 is 1.17 bits per heavy atom. The Morgan fingerprint density at radius 3 is 1.25 bits per heavy atom. The molecule has 0 atom stereocenters. The van der Waals surface area contributed by atoms with E-state index < -0.39 is 0 Å². The van der Waals surface area contributed by atoms with E-state index in [1.807, 2.05) is 36.4 Å². The van der Waals surface area contributed by atoms with Crippen LogP contribution in [0.5, 0.6) is 0 Å². The molecule has 3 heteroatoms. The maximum Gasteiger partial charge on any atom is 0.302 e. The molecule has 0 radical (unpaired) electrons. The van der Waals surface area contributed by atoms with Crippen LogP contribution in [-0.4, -0.2) is 13.1 Å². The van der Waals surface area contributed by atoms with Gasteiger partial charge in [-0.2, -0.15) is 13.5 Å². The van der Waals surface area contributed by atoms with Crippen molar-refractivity contribution in [2.75, 3.05) is 7.11 Å². The maximum absolute atomic E-state index is 9.59. The molecule has 1 rings (SSSR count). The number of esters is 1. The highest BCUT2D eigenvalue weighted by Crippen LogP contribution is 1.79. The van der Waals surface area contributed by atoms with Gasteiger partial charge in [0, 0.05) is 6.92 Å². The molecule has 1 aromatic carbocycles. The molecule has 0 unspecified atom stereocenters. The maximum atomic E-state index is 9.59. The number of benzene rings is 1. The second-order valence-corrected chi connectivity index (χ2v) is 1.85. The topological polar surface area (TPSA) is 26.3 Å². The molecule has 68 valence electrons. The molecular formula is C9H14O2S. The van der Waals surface area contributed by atoms with Crippen LogP contribution >= 0.6 is 13.5 Å². The number of carbonyl (C=O) groups is 1. The Balaban J connectivity index is 0. The highest BCUT2D eigenvalue weighted by atomic mass is 32.1. The summed E-state index contributed by atoms with van der Waals surface area (Å²) in [5, 5.41) is 0. The Labute approximate surface area is 80.0 Å². The minimum atomic E-state index is -0.245. The third kappa shape index (κ3) is 11.8. The summed E-state index contributed by atoms with van der Waals surface area (Å²) in [6.07, 6.45) is 0. The van der Waals surface area contributed by atoms with Gasteiger partial charge in [-0.05, 0) is 0 Å². The van der Waals surface area contributed by atoms with E-state index in [1.165, 1.54) is 14.0 Å². The van der Waals surface area contributed by atoms with Crippen LogP contribution in [0.2, 0.25) is 0 Å². The van der Waals surface area contributed by atoms with Gasteiger partial charge in [-0.3, -0.25) is 4.79 Å². The second kappa shape index (κ2) is 10.0. The quantitative estimate of drug-likeness (QED) is 0.579. The summed E-state index contributed by atoms with van der Waals surface area (Å²) in [5.41, 5.74) is 0. The van der Waals surface area contributed by atoms with E-state index in [9.17, 15) is 4.79 Å². The van der Waals surface area contributed by atoms with Crippen LogP contribution in [0.15, 0.2) is 36.4 Å². The number of hydrogen-bond acceptors (Lipinski definition) is 2. The van der Waals surface area contributed by atoms with Gasteiger partial charge in [-0.15, -0.1) is 0 Å². The van der Waals surface area contributed by atoms with Crippen molar-refractivity contribution in [2.24, 2.45) is 0 Å². The van der Waals surface area contributed by atoms with E-state index in [4.69, 9.17) is 0 Å². The molecule has 0 amide bonds. The lowest BCUT2D eigenvalue weighted by Gasteiger charge is -1.80. The first-order valence-corrected chi connectivity index (χ1v) is 3.32. The average molecular weight is 186 g/mol. The highest BCUT2D eigenvalue weighted by molar-refractivity contribution is 7.59. The van der Waals surface area contributed by atoms with E-state index in [2.05, 4.69) is 4.74 Å². The smallest absolute Gasteiger partial charge is 0.302 e. The number of rotatable bonds is 0. The van der Waals surface area contributed by atoms with Gasteiger partial charge in [-0.25, -0.2) is 0 Å². The average Bonchev–Trinajstić information content (AvgIpc) is 2.09. The molecule has 1 aromatic rings. The molecule has 2 nitrogen and oxygen atoms in total. The predicted octanol–water partition coefficient (Wildman–Crippen LogP) is 1.98. The zero-order valence-electron chi connectivity index (χ0n) is 7.28. The summed E-state index contributed by atoms with van der Waals surface area (Å²) >= 11 is 0. The van der Waals surface area contributed by atoms with Gasteiger partial charge in [0.05, 0.1) is 7.11 Å². The normalized spacial score (nSPS) is 6.83. The standard InChI is InChI=1S/C6H6.C3H6O2.H2S/c1-2-4-6-5-3-1;1-3(4)5-2;/h1-6H;1-2H3;1H2. The molecular weight excluding hydrogens is 172 g/mol. The van der Waals surface area contributed by atoms with Crippen LogP contribution in [0.4, 0.5) is 0 Å². The third-order valence-electron chi connectivity index (χ3n) is 0.954. The molecule has 0 saturated heterocycles. The molecule has 0 aromatic heterocycles. The number of carbonyl (C=O) groups excluding carboxylic acids is 1. The SMILES string of the molecule is COC(C)=O.S.c1ccccc1. The second-order valence-electron chi connectivity index (χ2n) is 1.85. The molecule has 0 heterocycles. The molecule has 0 N–H and O–H groups in total. The lowest BCUT2D eigenvalue weighted by Crippen LogP contribution is -1.88. The summed E-state index contributed by atoms with van der Waals surface area (Å²) in [5.74, 6) is -0.245. The van der Waals surface area contributed by atoms with Crippen LogP contribution in [0.25, 0.3) is 0 Å². The van der Waals surface area contributed by atoms with Crippen LogP contribution in [0.1, 0.15) is 6.92 Å². The van der Waals surface area contributed by atoms with Crippen LogP contribution < -0.4 is 0 Å². The lowest BCUT2D eigenvalue weighted by molar-refractivity contribution is -0.137. The van der Waals surface area contributed by atoms with E-state index in [-0.39, 0.29) is 19.5 Å². The van der Waals surface area contributed by atoms with Crippen molar-refractivity contribution in [1.29, 1.82) is 0 Å². The minimum absolute atomic E-state index is 0. The Bertz CT molecular complexity index is 160. The molecule has 12 heavy (non-hydrogen) atoms. The van der Waals surface area contributed by atoms with E-state index in [0.717, 1.165) is 0 Å². The van der Waals surface area contributed by atoms with Crippen molar-refractivity contribution in [3.63, 3.8) is 0 Å². The predicted molar refractivity (Wildman–Crippen MR) is 54.5 cm³/mol. The van der Waals surface area contributed by atoms with Crippen LogP contribution in [0.3, 0.4) is 0 Å². The van der Waals surface area contributed by atoms with Crippen molar-refractivity contribution in [3.8, 4) is 0 Å². The first-order chi connectivity index (χ1) is 5.27. The number of ether oxygens (including phenoxy) is 1. The van der Waals surface area contributed by atoms with Gasteiger partial charge in [0.2, 0.25) is 0 Å². The van der Waals surface area contributed by atoms with Gasteiger partial charge >= 0.3 is 5.97 Å². The number of methoxy groups -OCH3 is 1. The Hall–Kier alpha value is -0.960. The van der Waals surface area contributed by atoms with Gasteiger partial charge in [0.1, 0.15) is 0 Å². The zero-order valence-corrected chi connectivity index (χ0v) is 8.28. The van der Waals surface area contributed by atoms with E-state index in [0.29, 0.717) is 0 Å². The summed E-state index contributed by atoms with van der Waals surface area (Å²) in [7, 11) is 1.35. The molecule has 0 bridgehead atoms. The lowest BCUT2D eigenvalue weighted by atomic mass is 10.4. The van der Waals surface area contributed by atoms with E-state index >= 15 is 0 Å². The molecule has 0 aliphatic heterocycles. The fourth-order valence-corrected chi connectivity index (χ4v) is 0.385. The van der Waals surface area contributed by atoms with E-state index in [1.54, 1.807) is 0 Å². The fraction of sp³-hybridized carbons (Fsp3) is 0.222. The van der Waals surface area contributed by atoms with Gasteiger partial charge in [0.15, 0.2) is 0 Å². The summed E-state index contributed by atoms with van der Waals surface area (Å²) in [4.78, 5) is 9.59. The van der Waals surface area contributed by atoms with Gasteiger partial charge in [0.25, 0.3) is 0 Å². The van der Waals surface area contributed by atoms with Crippen molar-refractivity contribution in [2.45, 2.75) is 6.92 Å². The zero-order chi connectivity index (χ0) is 8.53. The molecule has 0 aliphatic carbocycles. The van der Waals surface area contributed by atoms with Crippen molar-refractivity contribution in [1.82, 2.24) is 0 Å². The Morgan fingerprint density at radius 1 is 1.00 bits per heavy atom. The highest BCUT2D eigenvalue weighted by Gasteiger charge is 1.75. The molecule has 0 spiro atoms. The third-order valence-corrected chi connectivity index (χ3v) is 0.954. The van der Waals surface area contributed by atoms with Crippen LogP contribution in [0, 0.1) is 0 Å². The monoisotopic (exact) mass is 186 g/mol. The van der Waals surface area contributed by atoms with Crippen molar-refractivity contribution < 1.29 is 9.53 Å². The number of hydrogen-bond donors (Lipinski definition) is 0. The van der Waals surface area contributed by atoms with Gasteiger partial charge in [-0.1, -0.05) is 36.4 Å². The largest absolute Gasteiger partial charge is 0.469 e. The minimum Gasteiger partial charge on any atom is -0.469 e. The Kier molecular flexibility index (Phi) is 11.4. The van der Waals surface area contributed by atoms with Crippen molar-refractivity contribution in [3.05, 3.63) is 36.4 Å².